The normalized spacial score (nSPS) is 18.4. The maximum absolute atomic E-state index is 6.27. The second kappa shape index (κ2) is 11.1. The molecule has 2 aromatic carbocycles. The van der Waals surface area contributed by atoms with Crippen molar-refractivity contribution in [3.8, 4) is 22.6 Å². The van der Waals surface area contributed by atoms with E-state index < -0.39 is 0 Å². The lowest BCUT2D eigenvalue weighted by Gasteiger charge is -2.30. The number of likely N-dealkylation sites (N-methyl/N-ethyl adjacent to an activating group) is 2. The summed E-state index contributed by atoms with van der Waals surface area (Å²) in [4.78, 5) is 4.59. The van der Waals surface area contributed by atoms with E-state index in [2.05, 4.69) is 34.1 Å². The molecule has 0 unspecified atom stereocenters. The molecule has 4 N–H and O–H groups in total. The summed E-state index contributed by atoms with van der Waals surface area (Å²) >= 11 is 0. The Balaban J connectivity index is 1.23. The van der Waals surface area contributed by atoms with E-state index in [9.17, 15) is 0 Å². The average molecular weight is 501 g/mol. The summed E-state index contributed by atoms with van der Waals surface area (Å²) in [6.45, 7) is 7.55. The van der Waals surface area contributed by atoms with E-state index in [1.54, 1.807) is 0 Å². The molecule has 194 valence electrons. The lowest BCUT2D eigenvalue weighted by Crippen LogP contribution is -2.42. The van der Waals surface area contributed by atoms with Crippen molar-refractivity contribution in [2.45, 2.75) is 0 Å². The number of nitrogens with zero attached hydrogens (tertiary/aromatic N) is 6. The van der Waals surface area contributed by atoms with E-state index in [1.165, 1.54) is 0 Å². The van der Waals surface area contributed by atoms with Gasteiger partial charge < -0.3 is 25.7 Å². The molecule has 9 heteroatoms. The molecule has 2 aliphatic rings. The summed E-state index contributed by atoms with van der Waals surface area (Å²) in [5, 5.41) is 13.3. The Hall–Kier alpha value is -3.82. The van der Waals surface area contributed by atoms with Crippen molar-refractivity contribution in [3.05, 3.63) is 71.8 Å². The molecule has 0 amide bonds. The first kappa shape index (κ1) is 24.9. The molecule has 37 heavy (non-hydrogen) atoms. The number of rotatable bonds is 6. The maximum atomic E-state index is 6.27. The summed E-state index contributed by atoms with van der Waals surface area (Å²) < 4.78 is 6.17. The second-order valence-electron chi connectivity index (χ2n) is 9.80. The van der Waals surface area contributed by atoms with Gasteiger partial charge in [-0.3, -0.25) is 10.0 Å². The van der Waals surface area contributed by atoms with Gasteiger partial charge in [0.2, 0.25) is 0 Å². The van der Waals surface area contributed by atoms with Gasteiger partial charge in [-0.15, -0.1) is 0 Å². The third-order valence-corrected chi connectivity index (χ3v) is 6.99. The van der Waals surface area contributed by atoms with Crippen LogP contribution >= 0.6 is 0 Å². The molecule has 3 heterocycles. The lowest BCUT2D eigenvalue weighted by molar-refractivity contribution is 0.159. The van der Waals surface area contributed by atoms with Crippen molar-refractivity contribution in [2.75, 3.05) is 66.5 Å². The largest absolute Gasteiger partial charge is 0.456 e. The third-order valence-electron chi connectivity index (χ3n) is 6.99. The molecule has 0 saturated carbocycles. The van der Waals surface area contributed by atoms with E-state index in [0.717, 1.165) is 86.1 Å². The quantitative estimate of drug-likeness (QED) is 0.396. The summed E-state index contributed by atoms with van der Waals surface area (Å²) in [6, 6.07) is 20.0. The van der Waals surface area contributed by atoms with E-state index in [0.29, 0.717) is 11.7 Å². The lowest BCUT2D eigenvalue weighted by atomic mass is 10.1. The number of benzene rings is 2. The van der Waals surface area contributed by atoms with Gasteiger partial charge in [0, 0.05) is 74.6 Å². The Morgan fingerprint density at radius 2 is 0.919 bits per heavy atom. The molecular formula is C28H36N8O. The highest BCUT2D eigenvalue weighted by atomic mass is 16.3. The van der Waals surface area contributed by atoms with Crippen LogP contribution in [0.2, 0.25) is 0 Å². The fourth-order valence-electron chi connectivity index (χ4n) is 4.47. The second-order valence-corrected chi connectivity index (χ2v) is 9.80. The van der Waals surface area contributed by atoms with E-state index in [1.807, 2.05) is 70.7 Å². The first-order valence-corrected chi connectivity index (χ1v) is 12.8. The molecule has 0 radical (unpaired) electrons. The van der Waals surface area contributed by atoms with Crippen LogP contribution in [0.1, 0.15) is 11.1 Å². The summed E-state index contributed by atoms with van der Waals surface area (Å²) in [7, 11) is 4.25. The molecular weight excluding hydrogens is 464 g/mol. The van der Waals surface area contributed by atoms with E-state index in [4.69, 9.17) is 15.9 Å². The van der Waals surface area contributed by atoms with Crippen molar-refractivity contribution >= 4 is 11.7 Å². The Morgan fingerprint density at radius 1 is 0.568 bits per heavy atom. The molecule has 2 fully saturated rings. The highest BCUT2D eigenvalue weighted by Gasteiger charge is 2.14. The number of amidine groups is 2. The zero-order valence-corrected chi connectivity index (χ0v) is 21.7. The topological polar surface area (TPSA) is 103 Å². The molecule has 2 aliphatic heterocycles. The molecule has 0 atom stereocenters. The van der Waals surface area contributed by atoms with Crippen molar-refractivity contribution in [1.29, 1.82) is 0 Å². The zero-order valence-electron chi connectivity index (χ0n) is 21.7. The Morgan fingerprint density at radius 3 is 1.27 bits per heavy atom. The van der Waals surface area contributed by atoms with Crippen LogP contribution in [0, 0.1) is 0 Å². The Bertz CT molecular complexity index is 1140. The van der Waals surface area contributed by atoms with E-state index >= 15 is 0 Å². The molecule has 9 nitrogen and oxygen atoms in total. The van der Waals surface area contributed by atoms with Gasteiger partial charge in [0.15, 0.2) is 11.7 Å². The minimum Gasteiger partial charge on any atom is -0.456 e. The van der Waals surface area contributed by atoms with Crippen LogP contribution in [0.4, 0.5) is 0 Å². The van der Waals surface area contributed by atoms with Crippen LogP contribution in [-0.4, -0.2) is 97.9 Å². The monoisotopic (exact) mass is 500 g/mol. The first-order chi connectivity index (χ1) is 17.9. The van der Waals surface area contributed by atoms with Crippen LogP contribution in [-0.2, 0) is 0 Å². The number of piperazine rings is 2. The highest BCUT2D eigenvalue weighted by Crippen LogP contribution is 2.29. The summed E-state index contributed by atoms with van der Waals surface area (Å²) in [5.41, 5.74) is 16.3. The SMILES string of the molecule is CN1CCN(/N=C(\N)c2ccc(-c3ccc(-c4ccc(/C(N)=N/N5CCN(C)CC5)cc4)o3)cc2)CC1. The number of hydrogen-bond acceptors (Lipinski definition) is 7. The summed E-state index contributed by atoms with van der Waals surface area (Å²) in [6.07, 6.45) is 0. The molecule has 0 aliphatic carbocycles. The van der Waals surface area contributed by atoms with Crippen LogP contribution in [0.15, 0.2) is 75.3 Å². The van der Waals surface area contributed by atoms with Gasteiger partial charge in [-0.2, -0.15) is 10.2 Å². The van der Waals surface area contributed by atoms with Crippen molar-refractivity contribution in [3.63, 3.8) is 0 Å². The predicted molar refractivity (Wildman–Crippen MR) is 149 cm³/mol. The molecule has 3 aromatic rings. The van der Waals surface area contributed by atoms with Crippen molar-refractivity contribution in [2.24, 2.45) is 21.7 Å². The van der Waals surface area contributed by atoms with Crippen LogP contribution in [0.3, 0.4) is 0 Å². The molecule has 0 bridgehead atoms. The fourth-order valence-corrected chi connectivity index (χ4v) is 4.47. The van der Waals surface area contributed by atoms with Gasteiger partial charge in [0.1, 0.15) is 11.5 Å². The Kier molecular flexibility index (Phi) is 7.43. The van der Waals surface area contributed by atoms with Gasteiger partial charge >= 0.3 is 0 Å². The Labute approximate surface area is 218 Å². The smallest absolute Gasteiger partial charge is 0.150 e. The number of hydrazone groups is 2. The predicted octanol–water partition coefficient (Wildman–Crippen LogP) is 2.35. The van der Waals surface area contributed by atoms with Gasteiger partial charge in [0.05, 0.1) is 0 Å². The summed E-state index contributed by atoms with van der Waals surface area (Å²) in [5.74, 6) is 2.67. The van der Waals surface area contributed by atoms with Crippen molar-refractivity contribution in [1.82, 2.24) is 19.8 Å². The van der Waals surface area contributed by atoms with Crippen LogP contribution in [0.5, 0.6) is 0 Å². The number of nitrogens with two attached hydrogens (primary N) is 2. The minimum atomic E-state index is 0.534. The van der Waals surface area contributed by atoms with E-state index in [-0.39, 0.29) is 0 Å². The average Bonchev–Trinajstić information content (AvgIpc) is 3.42. The first-order valence-electron chi connectivity index (χ1n) is 12.8. The van der Waals surface area contributed by atoms with Gasteiger partial charge in [-0.05, 0) is 26.2 Å². The standard InChI is InChI=1S/C28H36N8O/c1-33-13-17-35(18-14-33)31-27(29)23-7-3-21(4-8-23)25-11-12-26(37-25)22-5-9-24(10-6-22)28(30)32-36-19-15-34(2)16-20-36/h3-12H,13-20H2,1-2H3,(H2,29,31)(H2,30,32). The fraction of sp³-hybridized carbons (Fsp3) is 0.357. The maximum Gasteiger partial charge on any atom is 0.150 e. The van der Waals surface area contributed by atoms with Crippen molar-refractivity contribution < 1.29 is 4.42 Å². The van der Waals surface area contributed by atoms with Gasteiger partial charge in [-0.25, -0.2) is 0 Å². The molecule has 2 saturated heterocycles. The number of furan rings is 1. The van der Waals surface area contributed by atoms with Crippen LogP contribution in [0.25, 0.3) is 22.6 Å². The zero-order chi connectivity index (χ0) is 25.8. The molecule has 0 spiro atoms. The number of hydrogen-bond donors (Lipinski definition) is 2. The van der Waals surface area contributed by atoms with Gasteiger partial charge in [0.25, 0.3) is 0 Å². The van der Waals surface area contributed by atoms with Gasteiger partial charge in [-0.1, -0.05) is 48.5 Å². The van der Waals surface area contributed by atoms with Crippen LogP contribution < -0.4 is 11.5 Å². The highest BCUT2D eigenvalue weighted by molar-refractivity contribution is 5.98. The molecule has 1 aromatic heterocycles. The molecule has 5 rings (SSSR count). The minimum absolute atomic E-state index is 0.534. The third kappa shape index (κ3) is 6.12.